The minimum atomic E-state index is -0.846. The normalized spacial score (nSPS) is 16.1. The van der Waals surface area contributed by atoms with Crippen LogP contribution in [0.15, 0.2) is 22.7 Å². The molecule has 0 radical (unpaired) electrons. The quantitative estimate of drug-likeness (QED) is 0.910. The van der Waals surface area contributed by atoms with Gasteiger partial charge in [0, 0.05) is 17.5 Å². The summed E-state index contributed by atoms with van der Waals surface area (Å²) in [5.41, 5.74) is 0.242. The molecule has 1 aromatic heterocycles. The van der Waals surface area contributed by atoms with Crippen LogP contribution >= 0.6 is 0 Å². The van der Waals surface area contributed by atoms with Gasteiger partial charge in [-0.25, -0.2) is 4.39 Å². The monoisotopic (exact) mass is 278 g/mol. The van der Waals surface area contributed by atoms with Gasteiger partial charge in [-0.05, 0) is 31.9 Å². The minimum Gasteiger partial charge on any atom is -0.484 e. The van der Waals surface area contributed by atoms with Crippen molar-refractivity contribution in [3.8, 4) is 5.75 Å². The molecule has 5 nitrogen and oxygen atoms in total. The molecule has 1 aliphatic carbocycles. The van der Waals surface area contributed by atoms with Gasteiger partial charge in [0.15, 0.2) is 12.4 Å². The summed E-state index contributed by atoms with van der Waals surface area (Å²) in [5, 5.41) is 13.2. The lowest BCUT2D eigenvalue weighted by Crippen LogP contribution is -1.99. The zero-order chi connectivity index (χ0) is 14.1. The first-order valence-electron chi connectivity index (χ1n) is 6.56. The van der Waals surface area contributed by atoms with Gasteiger partial charge in [-0.3, -0.25) is 0 Å². The van der Waals surface area contributed by atoms with E-state index in [1.165, 1.54) is 19.1 Å². The number of benzene rings is 1. The van der Waals surface area contributed by atoms with Gasteiger partial charge in [0.25, 0.3) is 5.89 Å². The number of aromatic nitrogens is 2. The van der Waals surface area contributed by atoms with Crippen LogP contribution in [0.5, 0.6) is 5.75 Å². The van der Waals surface area contributed by atoms with E-state index in [1.54, 1.807) is 6.07 Å². The van der Waals surface area contributed by atoms with Crippen LogP contribution in [0.4, 0.5) is 4.39 Å². The van der Waals surface area contributed by atoms with Crippen molar-refractivity contribution in [2.45, 2.75) is 38.4 Å². The van der Waals surface area contributed by atoms with Crippen molar-refractivity contribution >= 4 is 0 Å². The Bertz CT molecular complexity index is 608. The fourth-order valence-corrected chi connectivity index (χ4v) is 1.92. The summed E-state index contributed by atoms with van der Waals surface area (Å²) in [6.45, 7) is 1.62. The summed E-state index contributed by atoms with van der Waals surface area (Å²) in [6, 6.07) is 4.34. The van der Waals surface area contributed by atoms with Crippen LogP contribution in [-0.4, -0.2) is 15.2 Å². The van der Waals surface area contributed by atoms with Gasteiger partial charge in [0.2, 0.25) is 0 Å². The number of halogens is 1. The van der Waals surface area contributed by atoms with Crippen molar-refractivity contribution < 1.29 is 18.8 Å². The molecule has 20 heavy (non-hydrogen) atoms. The Balaban J connectivity index is 1.63. The van der Waals surface area contributed by atoms with E-state index in [0.29, 0.717) is 17.6 Å². The average Bonchev–Trinajstić information content (AvgIpc) is 3.15. The summed E-state index contributed by atoms with van der Waals surface area (Å²) in [5.74, 6) is 1.39. The number of ether oxygens (including phenoxy) is 1. The lowest BCUT2D eigenvalue weighted by Gasteiger charge is -2.08. The molecule has 3 rings (SSSR count). The van der Waals surface area contributed by atoms with Crippen LogP contribution in [0.1, 0.15) is 49.1 Å². The van der Waals surface area contributed by atoms with Crippen LogP contribution in [0.3, 0.4) is 0 Å². The smallest absolute Gasteiger partial charge is 0.264 e. The van der Waals surface area contributed by atoms with Crippen molar-refractivity contribution in [2.75, 3.05) is 0 Å². The number of hydrogen-bond acceptors (Lipinski definition) is 5. The summed E-state index contributed by atoms with van der Waals surface area (Å²) in [6.07, 6.45) is 1.36. The first-order valence-corrected chi connectivity index (χ1v) is 6.56. The molecule has 1 heterocycles. The lowest BCUT2D eigenvalue weighted by molar-refractivity contribution is 0.193. The largest absolute Gasteiger partial charge is 0.484 e. The Kier molecular flexibility index (Phi) is 3.40. The molecule has 0 spiro atoms. The average molecular weight is 278 g/mol. The molecule has 1 aromatic carbocycles. The van der Waals surface area contributed by atoms with Crippen LogP contribution in [0.25, 0.3) is 0 Å². The number of hydrogen-bond donors (Lipinski definition) is 1. The van der Waals surface area contributed by atoms with Crippen molar-refractivity contribution in [3.63, 3.8) is 0 Å². The molecule has 106 valence electrons. The highest BCUT2D eigenvalue weighted by atomic mass is 19.1. The third-order valence-corrected chi connectivity index (χ3v) is 3.21. The lowest BCUT2D eigenvalue weighted by atomic mass is 10.1. The fourth-order valence-electron chi connectivity index (χ4n) is 1.92. The van der Waals surface area contributed by atoms with Crippen molar-refractivity contribution in [1.82, 2.24) is 10.1 Å². The number of aliphatic hydroxyl groups is 1. The fraction of sp³-hybridized carbons (Fsp3) is 0.429. The molecular formula is C14H15FN2O3. The molecule has 0 unspecified atom stereocenters. The second-order valence-electron chi connectivity index (χ2n) is 4.97. The molecule has 1 N–H and O–H groups in total. The second kappa shape index (κ2) is 5.20. The summed E-state index contributed by atoms with van der Waals surface area (Å²) < 4.78 is 24.1. The molecule has 1 atom stereocenters. The number of nitrogens with zero attached hydrogens (tertiary/aromatic N) is 2. The van der Waals surface area contributed by atoms with Crippen LogP contribution in [-0.2, 0) is 6.61 Å². The Morgan fingerprint density at radius 1 is 1.50 bits per heavy atom. The zero-order valence-corrected chi connectivity index (χ0v) is 11.0. The van der Waals surface area contributed by atoms with Gasteiger partial charge in [-0.2, -0.15) is 4.98 Å². The van der Waals surface area contributed by atoms with Crippen LogP contribution < -0.4 is 4.74 Å². The van der Waals surface area contributed by atoms with Gasteiger partial charge in [-0.1, -0.05) is 5.16 Å². The Morgan fingerprint density at radius 2 is 2.30 bits per heavy atom. The Morgan fingerprint density at radius 3 is 2.95 bits per heavy atom. The highest BCUT2D eigenvalue weighted by Crippen LogP contribution is 2.38. The molecule has 0 bridgehead atoms. The topological polar surface area (TPSA) is 68.4 Å². The molecule has 1 fully saturated rings. The van der Waals surface area contributed by atoms with Gasteiger partial charge < -0.3 is 14.4 Å². The van der Waals surface area contributed by atoms with Gasteiger partial charge >= 0.3 is 0 Å². The predicted molar refractivity (Wildman–Crippen MR) is 67.6 cm³/mol. The van der Waals surface area contributed by atoms with Crippen LogP contribution in [0.2, 0.25) is 0 Å². The molecule has 6 heteroatoms. The third kappa shape index (κ3) is 2.80. The zero-order valence-electron chi connectivity index (χ0n) is 11.0. The van der Waals surface area contributed by atoms with E-state index in [0.717, 1.165) is 18.7 Å². The van der Waals surface area contributed by atoms with Crippen molar-refractivity contribution in [2.24, 2.45) is 0 Å². The maximum absolute atomic E-state index is 13.7. The summed E-state index contributed by atoms with van der Waals surface area (Å²) in [4.78, 5) is 4.22. The van der Waals surface area contributed by atoms with Gasteiger partial charge in [0.1, 0.15) is 11.6 Å². The van der Waals surface area contributed by atoms with Crippen molar-refractivity contribution in [3.05, 3.63) is 41.3 Å². The van der Waals surface area contributed by atoms with E-state index < -0.39 is 11.9 Å². The first kappa shape index (κ1) is 13.1. The molecule has 1 aliphatic rings. The number of rotatable bonds is 5. The van der Waals surface area contributed by atoms with E-state index in [1.807, 2.05) is 0 Å². The van der Waals surface area contributed by atoms with E-state index in [2.05, 4.69) is 10.1 Å². The summed E-state index contributed by atoms with van der Waals surface area (Å²) >= 11 is 0. The molecule has 0 amide bonds. The SMILES string of the molecule is C[C@@H](O)c1ccc(OCc2nc(C3CC3)no2)cc1F. The molecule has 1 saturated carbocycles. The maximum atomic E-state index is 13.7. The second-order valence-corrected chi connectivity index (χ2v) is 4.97. The highest BCUT2D eigenvalue weighted by molar-refractivity contribution is 5.30. The maximum Gasteiger partial charge on any atom is 0.264 e. The molecule has 2 aromatic rings. The van der Waals surface area contributed by atoms with E-state index in [-0.39, 0.29) is 12.2 Å². The van der Waals surface area contributed by atoms with Crippen LogP contribution in [0, 0.1) is 5.82 Å². The summed E-state index contributed by atoms with van der Waals surface area (Å²) in [7, 11) is 0. The van der Waals surface area contributed by atoms with E-state index >= 15 is 0 Å². The van der Waals surface area contributed by atoms with Gasteiger partial charge in [0.05, 0.1) is 6.10 Å². The van der Waals surface area contributed by atoms with Gasteiger partial charge in [-0.15, -0.1) is 0 Å². The van der Waals surface area contributed by atoms with Crippen molar-refractivity contribution in [1.29, 1.82) is 0 Å². The number of aliphatic hydroxyl groups excluding tert-OH is 1. The highest BCUT2D eigenvalue weighted by Gasteiger charge is 2.28. The predicted octanol–water partition coefficient (Wildman–Crippen LogP) is 2.72. The van der Waals surface area contributed by atoms with E-state index in [4.69, 9.17) is 9.26 Å². The molecule has 0 aliphatic heterocycles. The molecule has 0 saturated heterocycles. The van der Waals surface area contributed by atoms with E-state index in [9.17, 15) is 9.50 Å². The Labute approximate surface area is 115 Å². The third-order valence-electron chi connectivity index (χ3n) is 3.21. The minimum absolute atomic E-state index is 0.104. The molecular weight excluding hydrogens is 263 g/mol. The first-order chi connectivity index (χ1) is 9.63. The standard InChI is InChI=1S/C14H15FN2O3/c1-8(18)11-5-4-10(6-12(11)15)19-7-13-16-14(17-20-13)9-2-3-9/h4-6,8-9,18H,2-3,7H2,1H3/t8-/m1/s1. The Hall–Kier alpha value is -1.95.